The van der Waals surface area contributed by atoms with Crippen LogP contribution in [0.3, 0.4) is 0 Å². The lowest BCUT2D eigenvalue weighted by atomic mass is 10.2. The van der Waals surface area contributed by atoms with Crippen LogP contribution in [-0.4, -0.2) is 36.1 Å². The van der Waals surface area contributed by atoms with Gasteiger partial charge in [0.1, 0.15) is 6.04 Å². The number of hydrogen-bond acceptors (Lipinski definition) is 3. The summed E-state index contributed by atoms with van der Waals surface area (Å²) >= 11 is 0. The Morgan fingerprint density at radius 3 is 2.85 bits per heavy atom. The van der Waals surface area contributed by atoms with E-state index in [-0.39, 0.29) is 12.0 Å². The third-order valence-corrected chi connectivity index (χ3v) is 2.52. The zero-order valence-corrected chi connectivity index (χ0v) is 8.75. The SMILES string of the molecule is CCOC(=O)[C@@H]1CCCN1C(C)C. The molecule has 0 aliphatic carbocycles. The molecule has 0 spiro atoms. The maximum atomic E-state index is 11.5. The highest BCUT2D eigenvalue weighted by atomic mass is 16.5. The smallest absolute Gasteiger partial charge is 0.323 e. The van der Waals surface area contributed by atoms with Crippen molar-refractivity contribution in [2.75, 3.05) is 13.2 Å². The Balaban J connectivity index is 2.52. The number of esters is 1. The largest absolute Gasteiger partial charge is 0.465 e. The average Bonchev–Trinajstić information content (AvgIpc) is 2.52. The molecule has 0 unspecified atom stereocenters. The lowest BCUT2D eigenvalue weighted by Crippen LogP contribution is -2.41. The summed E-state index contributed by atoms with van der Waals surface area (Å²) in [4.78, 5) is 13.7. The van der Waals surface area contributed by atoms with E-state index in [0.29, 0.717) is 12.6 Å². The summed E-state index contributed by atoms with van der Waals surface area (Å²) in [6.45, 7) is 7.62. The van der Waals surface area contributed by atoms with E-state index in [0.717, 1.165) is 19.4 Å². The molecule has 0 radical (unpaired) electrons. The average molecular weight is 185 g/mol. The van der Waals surface area contributed by atoms with Crippen LogP contribution in [0.5, 0.6) is 0 Å². The van der Waals surface area contributed by atoms with Crippen LogP contribution >= 0.6 is 0 Å². The molecule has 1 rings (SSSR count). The minimum Gasteiger partial charge on any atom is -0.465 e. The Labute approximate surface area is 80.1 Å². The van der Waals surface area contributed by atoms with E-state index >= 15 is 0 Å². The predicted octanol–water partition coefficient (Wildman–Crippen LogP) is 1.42. The highest BCUT2D eigenvalue weighted by Crippen LogP contribution is 2.20. The van der Waals surface area contributed by atoms with Crippen LogP contribution in [0.25, 0.3) is 0 Å². The number of carbonyl (C=O) groups is 1. The quantitative estimate of drug-likeness (QED) is 0.623. The Morgan fingerprint density at radius 2 is 2.31 bits per heavy atom. The molecule has 0 aromatic carbocycles. The highest BCUT2D eigenvalue weighted by Gasteiger charge is 2.32. The molecule has 1 heterocycles. The van der Waals surface area contributed by atoms with E-state index in [4.69, 9.17) is 4.74 Å². The van der Waals surface area contributed by atoms with Crippen LogP contribution in [0.1, 0.15) is 33.6 Å². The maximum Gasteiger partial charge on any atom is 0.323 e. The molecule has 1 fully saturated rings. The number of hydrogen-bond donors (Lipinski definition) is 0. The fourth-order valence-corrected chi connectivity index (χ4v) is 1.90. The number of rotatable bonds is 3. The third-order valence-electron chi connectivity index (χ3n) is 2.52. The van der Waals surface area contributed by atoms with Crippen LogP contribution in [0.2, 0.25) is 0 Å². The summed E-state index contributed by atoms with van der Waals surface area (Å²) in [5.41, 5.74) is 0. The molecule has 1 atom stereocenters. The van der Waals surface area contributed by atoms with Crippen LogP contribution in [-0.2, 0) is 9.53 Å². The van der Waals surface area contributed by atoms with Gasteiger partial charge in [0.25, 0.3) is 0 Å². The van der Waals surface area contributed by atoms with E-state index in [1.54, 1.807) is 0 Å². The van der Waals surface area contributed by atoms with E-state index in [9.17, 15) is 4.79 Å². The molecule has 3 heteroatoms. The van der Waals surface area contributed by atoms with Gasteiger partial charge in [0, 0.05) is 6.04 Å². The molecule has 0 aromatic heterocycles. The van der Waals surface area contributed by atoms with Crippen molar-refractivity contribution in [3.05, 3.63) is 0 Å². The zero-order valence-electron chi connectivity index (χ0n) is 8.75. The summed E-state index contributed by atoms with van der Waals surface area (Å²) in [6, 6.07) is 0.455. The van der Waals surface area contributed by atoms with Crippen molar-refractivity contribution >= 4 is 5.97 Å². The molecule has 76 valence electrons. The van der Waals surface area contributed by atoms with Crippen molar-refractivity contribution in [3.8, 4) is 0 Å². The van der Waals surface area contributed by atoms with E-state index in [1.807, 2.05) is 6.92 Å². The maximum absolute atomic E-state index is 11.5. The fourth-order valence-electron chi connectivity index (χ4n) is 1.90. The van der Waals surface area contributed by atoms with Crippen molar-refractivity contribution in [3.63, 3.8) is 0 Å². The first kappa shape index (κ1) is 10.5. The van der Waals surface area contributed by atoms with Gasteiger partial charge in [-0.05, 0) is 40.2 Å². The van der Waals surface area contributed by atoms with Gasteiger partial charge in [0.05, 0.1) is 6.61 Å². The summed E-state index contributed by atoms with van der Waals surface area (Å²) < 4.78 is 5.03. The topological polar surface area (TPSA) is 29.5 Å². The Hall–Kier alpha value is -0.570. The van der Waals surface area contributed by atoms with E-state index in [1.165, 1.54) is 0 Å². The molecule has 0 amide bonds. The van der Waals surface area contributed by atoms with Gasteiger partial charge in [-0.1, -0.05) is 0 Å². The Morgan fingerprint density at radius 1 is 1.62 bits per heavy atom. The minimum atomic E-state index is -0.0475. The van der Waals surface area contributed by atoms with Crippen LogP contribution in [0, 0.1) is 0 Å². The number of ether oxygens (including phenoxy) is 1. The van der Waals surface area contributed by atoms with Crippen molar-refractivity contribution in [1.29, 1.82) is 0 Å². The third kappa shape index (κ3) is 2.44. The first-order valence-electron chi connectivity index (χ1n) is 5.09. The van der Waals surface area contributed by atoms with Gasteiger partial charge >= 0.3 is 5.97 Å². The molecule has 3 nitrogen and oxygen atoms in total. The van der Waals surface area contributed by atoms with Gasteiger partial charge < -0.3 is 4.74 Å². The van der Waals surface area contributed by atoms with Gasteiger partial charge in [-0.2, -0.15) is 0 Å². The second-order valence-corrected chi connectivity index (χ2v) is 3.74. The van der Waals surface area contributed by atoms with Gasteiger partial charge in [0.15, 0.2) is 0 Å². The van der Waals surface area contributed by atoms with Gasteiger partial charge in [0.2, 0.25) is 0 Å². The summed E-state index contributed by atoms with van der Waals surface area (Å²) in [5.74, 6) is -0.0475. The van der Waals surface area contributed by atoms with Crippen molar-refractivity contribution in [2.24, 2.45) is 0 Å². The molecule has 0 N–H and O–H groups in total. The van der Waals surface area contributed by atoms with Gasteiger partial charge in [-0.15, -0.1) is 0 Å². The molecule has 0 saturated carbocycles. The molecule has 1 saturated heterocycles. The first-order chi connectivity index (χ1) is 6.16. The van der Waals surface area contributed by atoms with Gasteiger partial charge in [-0.3, -0.25) is 9.69 Å². The van der Waals surface area contributed by atoms with Crippen molar-refractivity contribution in [1.82, 2.24) is 4.90 Å². The van der Waals surface area contributed by atoms with Crippen molar-refractivity contribution < 1.29 is 9.53 Å². The van der Waals surface area contributed by atoms with E-state index < -0.39 is 0 Å². The van der Waals surface area contributed by atoms with Crippen molar-refractivity contribution in [2.45, 2.75) is 45.7 Å². The summed E-state index contributed by atoms with van der Waals surface area (Å²) in [6.07, 6.45) is 2.07. The lowest BCUT2D eigenvalue weighted by molar-refractivity contribution is -0.149. The second kappa shape index (κ2) is 4.61. The highest BCUT2D eigenvalue weighted by molar-refractivity contribution is 5.76. The summed E-state index contributed by atoms with van der Waals surface area (Å²) in [7, 11) is 0. The van der Waals surface area contributed by atoms with Gasteiger partial charge in [-0.25, -0.2) is 0 Å². The fraction of sp³-hybridized carbons (Fsp3) is 0.900. The lowest BCUT2D eigenvalue weighted by Gasteiger charge is -2.26. The molecular formula is C10H19NO2. The molecule has 1 aliphatic rings. The van der Waals surface area contributed by atoms with E-state index in [2.05, 4.69) is 18.7 Å². The molecular weight excluding hydrogens is 166 g/mol. The molecule has 0 aromatic rings. The number of nitrogens with zero attached hydrogens (tertiary/aromatic N) is 1. The standard InChI is InChI=1S/C10H19NO2/c1-4-13-10(12)9-6-5-7-11(9)8(2)3/h8-9H,4-7H2,1-3H3/t9-/m0/s1. The molecule has 13 heavy (non-hydrogen) atoms. The first-order valence-corrected chi connectivity index (χ1v) is 5.09. The molecule has 0 bridgehead atoms. The Bertz CT molecular complexity index is 180. The van der Waals surface area contributed by atoms with Crippen LogP contribution in [0.4, 0.5) is 0 Å². The second-order valence-electron chi connectivity index (χ2n) is 3.74. The molecule has 1 aliphatic heterocycles. The number of carbonyl (C=O) groups excluding carboxylic acids is 1. The zero-order chi connectivity index (χ0) is 9.84. The normalized spacial score (nSPS) is 23.8. The minimum absolute atomic E-state index is 0.0138. The van der Waals surface area contributed by atoms with Crippen LogP contribution in [0.15, 0.2) is 0 Å². The summed E-state index contributed by atoms with van der Waals surface area (Å²) in [5, 5.41) is 0. The van der Waals surface area contributed by atoms with Crippen LogP contribution < -0.4 is 0 Å². The predicted molar refractivity (Wildman–Crippen MR) is 51.5 cm³/mol. The number of likely N-dealkylation sites (tertiary alicyclic amines) is 1. The Kier molecular flexibility index (Phi) is 3.72. The monoisotopic (exact) mass is 185 g/mol.